The molecule has 0 aliphatic heterocycles. The van der Waals surface area contributed by atoms with Crippen molar-refractivity contribution in [2.45, 2.75) is 89.9 Å². The van der Waals surface area contributed by atoms with Gasteiger partial charge in [0.2, 0.25) is 11.6 Å². The molecule has 0 amide bonds. The standard InChI is InChI=1S/C30H36F4O3/c1-3-5-18-6-8-19(9-7-18)22-14-15-23(27(32)26(22)31)20-10-12-21(13-11-20)30(35)37-25-17-16-24(36-4-2)28(33)29(25)34/h14-21H,3-13H2,1-2H3. The number of carbonyl (C=O) groups is 1. The third-order valence-electron chi connectivity index (χ3n) is 8.15. The fourth-order valence-corrected chi connectivity index (χ4v) is 6.07. The fourth-order valence-electron chi connectivity index (χ4n) is 6.07. The van der Waals surface area contributed by atoms with E-state index in [9.17, 15) is 13.6 Å². The zero-order chi connectivity index (χ0) is 26.5. The molecule has 2 fully saturated rings. The van der Waals surface area contributed by atoms with Gasteiger partial charge in [-0.3, -0.25) is 4.79 Å². The minimum absolute atomic E-state index is 0.0648. The molecule has 0 N–H and O–H groups in total. The largest absolute Gasteiger partial charge is 0.491 e. The Labute approximate surface area is 216 Å². The summed E-state index contributed by atoms with van der Waals surface area (Å²) in [4.78, 5) is 12.6. The molecule has 0 saturated heterocycles. The molecule has 2 aliphatic rings. The normalized spacial score (nSPS) is 24.1. The maximum atomic E-state index is 15.2. The molecule has 0 radical (unpaired) electrons. The van der Waals surface area contributed by atoms with Crippen LogP contribution in [0.2, 0.25) is 0 Å². The Hall–Kier alpha value is -2.57. The molecule has 2 aromatic carbocycles. The Bertz CT molecular complexity index is 1090. The third kappa shape index (κ3) is 6.12. The molecular formula is C30H36F4O3. The number of ether oxygens (including phenoxy) is 2. The van der Waals surface area contributed by atoms with E-state index in [0.717, 1.165) is 32.1 Å². The number of halogens is 4. The van der Waals surface area contributed by atoms with E-state index in [1.807, 2.05) is 0 Å². The number of hydrogen-bond donors (Lipinski definition) is 0. The summed E-state index contributed by atoms with van der Waals surface area (Å²) in [5, 5.41) is 0. The van der Waals surface area contributed by atoms with Gasteiger partial charge in [-0.05, 0) is 99.3 Å². The van der Waals surface area contributed by atoms with Gasteiger partial charge < -0.3 is 9.47 Å². The van der Waals surface area contributed by atoms with Gasteiger partial charge in [-0.2, -0.15) is 8.78 Å². The second kappa shape index (κ2) is 12.3. The summed E-state index contributed by atoms with van der Waals surface area (Å²) in [6.45, 7) is 4.00. The zero-order valence-electron chi connectivity index (χ0n) is 21.6. The molecule has 37 heavy (non-hydrogen) atoms. The highest BCUT2D eigenvalue weighted by atomic mass is 19.2. The molecule has 0 unspecified atom stereocenters. The van der Waals surface area contributed by atoms with Gasteiger partial charge in [0, 0.05) is 0 Å². The number of carbonyl (C=O) groups excluding carboxylic acids is 1. The molecule has 202 valence electrons. The SMILES string of the molecule is CCCC1CCC(c2ccc(C3CCC(C(=O)Oc4ccc(OCC)c(F)c4F)CC3)c(F)c2F)CC1. The fraction of sp³-hybridized carbons (Fsp3) is 0.567. The Kier molecular flexibility index (Phi) is 9.14. The van der Waals surface area contributed by atoms with E-state index in [0.29, 0.717) is 42.7 Å². The molecule has 2 saturated carbocycles. The van der Waals surface area contributed by atoms with Gasteiger partial charge in [0.05, 0.1) is 12.5 Å². The van der Waals surface area contributed by atoms with Crippen LogP contribution in [0.3, 0.4) is 0 Å². The molecule has 3 nitrogen and oxygen atoms in total. The minimum atomic E-state index is -1.27. The molecule has 2 aromatic rings. The lowest BCUT2D eigenvalue weighted by molar-refractivity contribution is -0.140. The van der Waals surface area contributed by atoms with Gasteiger partial charge in [0.1, 0.15) is 0 Å². The van der Waals surface area contributed by atoms with Crippen LogP contribution in [0.15, 0.2) is 24.3 Å². The van der Waals surface area contributed by atoms with E-state index >= 15 is 8.78 Å². The second-order valence-electron chi connectivity index (χ2n) is 10.5. The average Bonchev–Trinajstić information content (AvgIpc) is 2.91. The van der Waals surface area contributed by atoms with E-state index in [1.54, 1.807) is 19.1 Å². The summed E-state index contributed by atoms with van der Waals surface area (Å²) in [7, 11) is 0. The van der Waals surface area contributed by atoms with Crippen LogP contribution in [-0.2, 0) is 4.79 Å². The molecule has 0 spiro atoms. The van der Waals surface area contributed by atoms with E-state index in [1.165, 1.54) is 18.6 Å². The van der Waals surface area contributed by atoms with Gasteiger partial charge in [0.25, 0.3) is 0 Å². The first-order chi connectivity index (χ1) is 17.8. The highest BCUT2D eigenvalue weighted by Crippen LogP contribution is 2.42. The first kappa shape index (κ1) is 27.5. The topological polar surface area (TPSA) is 35.5 Å². The van der Waals surface area contributed by atoms with Crippen LogP contribution in [0, 0.1) is 35.1 Å². The quantitative estimate of drug-likeness (QED) is 0.199. The monoisotopic (exact) mass is 520 g/mol. The summed E-state index contributed by atoms with van der Waals surface area (Å²) >= 11 is 0. The first-order valence-corrected chi connectivity index (χ1v) is 13.6. The van der Waals surface area contributed by atoms with Crippen LogP contribution in [-0.4, -0.2) is 12.6 Å². The van der Waals surface area contributed by atoms with E-state index in [2.05, 4.69) is 6.92 Å². The molecule has 0 aromatic heterocycles. The summed E-state index contributed by atoms with van der Waals surface area (Å²) in [5.41, 5.74) is 0.838. The molecule has 4 rings (SSSR count). The zero-order valence-corrected chi connectivity index (χ0v) is 21.6. The summed E-state index contributed by atoms with van der Waals surface area (Å²) in [6.07, 6.45) is 8.04. The first-order valence-electron chi connectivity index (χ1n) is 13.6. The summed E-state index contributed by atoms with van der Waals surface area (Å²) in [5.74, 6) is -5.32. The number of esters is 1. The Balaban J connectivity index is 1.35. The summed E-state index contributed by atoms with van der Waals surface area (Å²) < 4.78 is 68.8. The van der Waals surface area contributed by atoms with Crippen molar-refractivity contribution in [2.75, 3.05) is 6.61 Å². The maximum absolute atomic E-state index is 15.2. The smallest absolute Gasteiger partial charge is 0.314 e. The van der Waals surface area contributed by atoms with Crippen molar-refractivity contribution in [3.8, 4) is 11.5 Å². The Morgan fingerprint density at radius 3 is 1.78 bits per heavy atom. The van der Waals surface area contributed by atoms with Crippen LogP contribution in [0.25, 0.3) is 0 Å². The van der Waals surface area contributed by atoms with Crippen LogP contribution in [0.1, 0.15) is 101 Å². The van der Waals surface area contributed by atoms with Crippen LogP contribution < -0.4 is 9.47 Å². The number of benzene rings is 2. The van der Waals surface area contributed by atoms with Crippen molar-refractivity contribution in [3.63, 3.8) is 0 Å². The van der Waals surface area contributed by atoms with Gasteiger partial charge in [-0.15, -0.1) is 0 Å². The van der Waals surface area contributed by atoms with Gasteiger partial charge >= 0.3 is 5.97 Å². The molecule has 0 bridgehead atoms. The van der Waals surface area contributed by atoms with E-state index in [-0.39, 0.29) is 24.2 Å². The summed E-state index contributed by atoms with van der Waals surface area (Å²) in [6, 6.07) is 5.86. The van der Waals surface area contributed by atoms with Crippen molar-refractivity contribution in [2.24, 2.45) is 11.8 Å². The lowest BCUT2D eigenvalue weighted by Crippen LogP contribution is -2.26. The molecule has 7 heteroatoms. The van der Waals surface area contributed by atoms with Crippen LogP contribution in [0.4, 0.5) is 17.6 Å². The van der Waals surface area contributed by atoms with Crippen molar-refractivity contribution >= 4 is 5.97 Å². The van der Waals surface area contributed by atoms with Crippen molar-refractivity contribution in [3.05, 3.63) is 58.7 Å². The average molecular weight is 521 g/mol. The van der Waals surface area contributed by atoms with Crippen LogP contribution in [0.5, 0.6) is 11.5 Å². The predicted octanol–water partition coefficient (Wildman–Crippen LogP) is 8.60. The number of hydrogen-bond acceptors (Lipinski definition) is 3. The molecular weight excluding hydrogens is 484 g/mol. The number of rotatable bonds is 8. The second-order valence-corrected chi connectivity index (χ2v) is 10.5. The molecule has 2 aliphatic carbocycles. The molecule has 0 heterocycles. The lowest BCUT2D eigenvalue weighted by Gasteiger charge is -2.30. The van der Waals surface area contributed by atoms with Crippen LogP contribution >= 0.6 is 0 Å². The van der Waals surface area contributed by atoms with Gasteiger partial charge in [-0.1, -0.05) is 31.9 Å². The van der Waals surface area contributed by atoms with Crippen molar-refractivity contribution < 1.29 is 31.8 Å². The maximum Gasteiger partial charge on any atom is 0.314 e. The minimum Gasteiger partial charge on any atom is -0.491 e. The Morgan fingerprint density at radius 2 is 1.24 bits per heavy atom. The van der Waals surface area contributed by atoms with Crippen molar-refractivity contribution in [1.29, 1.82) is 0 Å². The van der Waals surface area contributed by atoms with E-state index in [4.69, 9.17) is 9.47 Å². The molecule has 0 atom stereocenters. The highest BCUT2D eigenvalue weighted by Gasteiger charge is 2.32. The highest BCUT2D eigenvalue weighted by molar-refractivity contribution is 5.75. The van der Waals surface area contributed by atoms with E-state index < -0.39 is 40.9 Å². The van der Waals surface area contributed by atoms with Crippen molar-refractivity contribution in [1.82, 2.24) is 0 Å². The van der Waals surface area contributed by atoms with Gasteiger partial charge in [-0.25, -0.2) is 8.78 Å². The predicted molar refractivity (Wildman–Crippen MR) is 134 cm³/mol. The Morgan fingerprint density at radius 1 is 0.730 bits per heavy atom. The van der Waals surface area contributed by atoms with Gasteiger partial charge in [0.15, 0.2) is 23.1 Å². The lowest BCUT2D eigenvalue weighted by atomic mass is 9.75. The third-order valence-corrected chi connectivity index (χ3v) is 8.15.